The van der Waals surface area contributed by atoms with Crippen molar-refractivity contribution in [1.29, 1.82) is 0 Å². The van der Waals surface area contributed by atoms with Crippen LogP contribution in [0, 0.1) is 0 Å². The molecule has 1 aliphatic carbocycles. The molecule has 2 aliphatic rings. The minimum Gasteiger partial charge on any atom is -0.357 e. The number of aryl methyl sites for hydroxylation is 1. The lowest BCUT2D eigenvalue weighted by Gasteiger charge is -2.39. The lowest BCUT2D eigenvalue weighted by Crippen LogP contribution is -2.51. The number of nitrogens with one attached hydrogen (secondary N) is 2. The highest BCUT2D eigenvalue weighted by atomic mass is 127. The third kappa shape index (κ3) is 6.78. The summed E-state index contributed by atoms with van der Waals surface area (Å²) in [5.41, 5.74) is 0.908. The third-order valence-corrected chi connectivity index (χ3v) is 6.52. The van der Waals surface area contributed by atoms with Gasteiger partial charge in [0.15, 0.2) is 11.6 Å². The van der Waals surface area contributed by atoms with E-state index in [0.717, 1.165) is 49.4 Å². The summed E-state index contributed by atoms with van der Waals surface area (Å²) < 4.78 is 2.06. The molecule has 3 heterocycles. The summed E-state index contributed by atoms with van der Waals surface area (Å²) in [6, 6.07) is 7.37. The number of rotatable bonds is 7. The molecular formula is C23H38IN7. The van der Waals surface area contributed by atoms with Crippen LogP contribution < -0.4 is 10.6 Å². The zero-order chi connectivity index (χ0) is 20.6. The van der Waals surface area contributed by atoms with Gasteiger partial charge in [-0.25, -0.2) is 0 Å². The second kappa shape index (κ2) is 12.6. The van der Waals surface area contributed by atoms with Crippen molar-refractivity contribution in [3.63, 3.8) is 0 Å². The molecule has 2 aromatic rings. The van der Waals surface area contributed by atoms with E-state index in [1.165, 1.54) is 58.0 Å². The molecule has 31 heavy (non-hydrogen) atoms. The molecular weight excluding hydrogens is 501 g/mol. The molecule has 2 N–H and O–H groups in total. The predicted molar refractivity (Wildman–Crippen MR) is 137 cm³/mol. The zero-order valence-electron chi connectivity index (χ0n) is 18.8. The van der Waals surface area contributed by atoms with Crippen LogP contribution in [0.1, 0.15) is 64.1 Å². The van der Waals surface area contributed by atoms with Crippen molar-refractivity contribution >= 4 is 35.6 Å². The summed E-state index contributed by atoms with van der Waals surface area (Å²) in [5, 5.41) is 15.6. The van der Waals surface area contributed by atoms with E-state index in [4.69, 9.17) is 4.99 Å². The predicted octanol–water partition coefficient (Wildman–Crippen LogP) is 3.63. The summed E-state index contributed by atoms with van der Waals surface area (Å²) in [7, 11) is 0. The fourth-order valence-corrected chi connectivity index (χ4v) is 4.86. The zero-order valence-corrected chi connectivity index (χ0v) is 21.1. The number of piperidine rings is 1. The largest absolute Gasteiger partial charge is 0.357 e. The van der Waals surface area contributed by atoms with Crippen LogP contribution in [0.25, 0.3) is 5.65 Å². The average molecular weight is 540 g/mol. The van der Waals surface area contributed by atoms with Gasteiger partial charge in [0.25, 0.3) is 0 Å². The van der Waals surface area contributed by atoms with E-state index < -0.39 is 0 Å². The smallest absolute Gasteiger partial charge is 0.191 e. The van der Waals surface area contributed by atoms with E-state index in [1.54, 1.807) is 0 Å². The number of hydrogen-bond donors (Lipinski definition) is 2. The molecule has 2 aromatic heterocycles. The molecule has 8 heteroatoms. The minimum atomic E-state index is 0. The Kier molecular flexibility index (Phi) is 9.83. The average Bonchev–Trinajstić information content (AvgIpc) is 3.21. The number of guanidine groups is 1. The Balaban J connectivity index is 0.00000272. The van der Waals surface area contributed by atoms with Crippen LogP contribution in [0.5, 0.6) is 0 Å². The van der Waals surface area contributed by atoms with Crippen LogP contribution in [-0.4, -0.2) is 63.7 Å². The van der Waals surface area contributed by atoms with Gasteiger partial charge < -0.3 is 15.5 Å². The second-order valence-electron chi connectivity index (χ2n) is 8.66. The first-order valence-electron chi connectivity index (χ1n) is 11.9. The fourth-order valence-electron chi connectivity index (χ4n) is 4.86. The van der Waals surface area contributed by atoms with Crippen LogP contribution in [0.15, 0.2) is 29.4 Å². The maximum Gasteiger partial charge on any atom is 0.191 e. The normalized spacial score (nSPS) is 19.3. The molecule has 0 bridgehead atoms. The highest BCUT2D eigenvalue weighted by Gasteiger charge is 2.26. The Morgan fingerprint density at radius 3 is 2.68 bits per heavy atom. The summed E-state index contributed by atoms with van der Waals surface area (Å²) in [6.07, 6.45) is 13.4. The molecule has 172 valence electrons. The molecule has 0 aromatic carbocycles. The number of nitrogens with zero attached hydrogens (tertiary/aromatic N) is 5. The first-order valence-corrected chi connectivity index (χ1v) is 11.9. The van der Waals surface area contributed by atoms with Gasteiger partial charge in [0, 0.05) is 50.9 Å². The second-order valence-corrected chi connectivity index (χ2v) is 8.66. The molecule has 1 aliphatic heterocycles. The number of likely N-dealkylation sites (tertiary alicyclic amines) is 1. The Morgan fingerprint density at radius 2 is 1.90 bits per heavy atom. The van der Waals surface area contributed by atoms with Gasteiger partial charge in [-0.05, 0) is 51.2 Å². The van der Waals surface area contributed by atoms with Crippen molar-refractivity contribution in [2.24, 2.45) is 4.99 Å². The van der Waals surface area contributed by atoms with Gasteiger partial charge in [-0.1, -0.05) is 25.3 Å². The maximum absolute atomic E-state index is 4.82. The third-order valence-electron chi connectivity index (χ3n) is 6.52. The minimum absolute atomic E-state index is 0. The van der Waals surface area contributed by atoms with Gasteiger partial charge in [-0.2, -0.15) is 0 Å². The van der Waals surface area contributed by atoms with Crippen molar-refractivity contribution in [1.82, 2.24) is 30.1 Å². The van der Waals surface area contributed by atoms with Crippen molar-refractivity contribution in [2.45, 2.75) is 76.8 Å². The standard InChI is InChI=1S/C23H37N7.HI/c1-2-24-23(25-15-8-12-22-28-27-21-11-6-7-16-30(21)22)26-19-13-17-29(18-14-19)20-9-4-3-5-10-20;/h6-7,11,16,19-20H,2-5,8-10,12-15,17-18H2,1H3,(H2,24,25,26);1H. The maximum atomic E-state index is 4.82. The lowest BCUT2D eigenvalue weighted by molar-refractivity contribution is 0.119. The highest BCUT2D eigenvalue weighted by Crippen LogP contribution is 2.25. The van der Waals surface area contributed by atoms with E-state index in [2.05, 4.69) is 37.1 Å². The first-order chi connectivity index (χ1) is 14.8. The lowest BCUT2D eigenvalue weighted by atomic mass is 9.92. The number of aromatic nitrogens is 3. The van der Waals surface area contributed by atoms with Crippen LogP contribution in [0.2, 0.25) is 0 Å². The van der Waals surface area contributed by atoms with Gasteiger partial charge in [0.2, 0.25) is 0 Å². The number of aliphatic imine (C=N–C) groups is 1. The van der Waals surface area contributed by atoms with Crippen LogP contribution in [0.4, 0.5) is 0 Å². The molecule has 1 saturated heterocycles. The van der Waals surface area contributed by atoms with E-state index in [-0.39, 0.29) is 24.0 Å². The molecule has 0 unspecified atom stereocenters. The Bertz CT molecular complexity index is 807. The summed E-state index contributed by atoms with van der Waals surface area (Å²) in [6.45, 7) is 6.26. The summed E-state index contributed by atoms with van der Waals surface area (Å²) in [5.74, 6) is 1.97. The molecule has 1 saturated carbocycles. The summed E-state index contributed by atoms with van der Waals surface area (Å²) in [4.78, 5) is 7.56. The Labute approximate surface area is 203 Å². The van der Waals surface area contributed by atoms with Crippen molar-refractivity contribution in [2.75, 3.05) is 26.2 Å². The van der Waals surface area contributed by atoms with Crippen LogP contribution >= 0.6 is 24.0 Å². The quantitative estimate of drug-likeness (QED) is 0.244. The highest BCUT2D eigenvalue weighted by molar-refractivity contribution is 14.0. The van der Waals surface area contributed by atoms with Crippen LogP contribution in [0.3, 0.4) is 0 Å². The van der Waals surface area contributed by atoms with Gasteiger partial charge in [-0.15, -0.1) is 34.2 Å². The number of hydrogen-bond acceptors (Lipinski definition) is 4. The van der Waals surface area contributed by atoms with Crippen molar-refractivity contribution < 1.29 is 0 Å². The molecule has 0 amide bonds. The molecule has 4 rings (SSSR count). The number of fused-ring (bicyclic) bond motifs is 1. The molecule has 2 fully saturated rings. The van der Waals surface area contributed by atoms with E-state index in [9.17, 15) is 0 Å². The Hall–Kier alpha value is -1.42. The van der Waals surface area contributed by atoms with Crippen molar-refractivity contribution in [3.8, 4) is 0 Å². The van der Waals surface area contributed by atoms with Crippen LogP contribution in [-0.2, 0) is 6.42 Å². The van der Waals surface area contributed by atoms with E-state index in [1.807, 2.05) is 24.4 Å². The monoisotopic (exact) mass is 539 g/mol. The fraction of sp³-hybridized carbons (Fsp3) is 0.696. The van der Waals surface area contributed by atoms with Gasteiger partial charge in [0.1, 0.15) is 5.82 Å². The topological polar surface area (TPSA) is 69.8 Å². The molecule has 0 radical (unpaired) electrons. The molecule has 0 spiro atoms. The molecule has 7 nitrogen and oxygen atoms in total. The summed E-state index contributed by atoms with van der Waals surface area (Å²) >= 11 is 0. The Morgan fingerprint density at radius 1 is 1.10 bits per heavy atom. The van der Waals surface area contributed by atoms with Gasteiger partial charge in [-0.3, -0.25) is 9.39 Å². The van der Waals surface area contributed by atoms with Crippen molar-refractivity contribution in [3.05, 3.63) is 30.2 Å². The van der Waals surface area contributed by atoms with E-state index >= 15 is 0 Å². The molecule has 0 atom stereocenters. The van der Waals surface area contributed by atoms with Gasteiger partial charge >= 0.3 is 0 Å². The number of pyridine rings is 1. The SMILES string of the molecule is CCNC(=NCCCc1nnc2ccccn12)NC1CCN(C2CCCCC2)CC1.I. The number of halogens is 1. The van der Waals surface area contributed by atoms with Gasteiger partial charge in [0.05, 0.1) is 0 Å². The first kappa shape index (κ1) is 24.2. The van der Waals surface area contributed by atoms with E-state index in [0.29, 0.717) is 6.04 Å².